The molecule has 0 radical (unpaired) electrons. The second-order valence-electron chi connectivity index (χ2n) is 7.67. The van der Waals surface area contributed by atoms with Gasteiger partial charge in [-0.15, -0.1) is 11.3 Å². The number of benzene rings is 1. The van der Waals surface area contributed by atoms with Crippen LogP contribution >= 0.6 is 11.3 Å². The SMILES string of the molecule is CS(=O)(=O)CCC(=O)N1CCC2(CC1)OCCc1sc(-c3ccccc3)cc12. The Balaban J connectivity index is 1.49. The van der Waals surface area contributed by atoms with Crippen LogP contribution in [-0.4, -0.2) is 50.9 Å². The lowest BCUT2D eigenvalue weighted by Crippen LogP contribution is -2.48. The van der Waals surface area contributed by atoms with Crippen LogP contribution in [0.5, 0.6) is 0 Å². The number of nitrogens with zero attached hydrogens (tertiary/aromatic N) is 1. The molecule has 0 aliphatic carbocycles. The van der Waals surface area contributed by atoms with Gasteiger partial charge in [-0.05, 0) is 30.0 Å². The fourth-order valence-electron chi connectivity index (χ4n) is 4.12. The summed E-state index contributed by atoms with van der Waals surface area (Å²) in [4.78, 5) is 16.8. The molecule has 150 valence electrons. The Kier molecular flexibility index (Phi) is 5.33. The van der Waals surface area contributed by atoms with Crippen LogP contribution in [0.15, 0.2) is 36.4 Å². The topological polar surface area (TPSA) is 63.7 Å². The van der Waals surface area contributed by atoms with E-state index in [9.17, 15) is 13.2 Å². The zero-order valence-electron chi connectivity index (χ0n) is 16.0. The van der Waals surface area contributed by atoms with Crippen LogP contribution in [0.2, 0.25) is 0 Å². The summed E-state index contributed by atoms with van der Waals surface area (Å²) in [6.07, 6.45) is 3.69. The lowest BCUT2D eigenvalue weighted by molar-refractivity contribution is -0.140. The Morgan fingerprint density at radius 2 is 1.93 bits per heavy atom. The van der Waals surface area contributed by atoms with E-state index in [4.69, 9.17) is 4.74 Å². The third kappa shape index (κ3) is 4.02. The van der Waals surface area contributed by atoms with E-state index >= 15 is 0 Å². The molecule has 1 fully saturated rings. The predicted molar refractivity (Wildman–Crippen MR) is 111 cm³/mol. The second kappa shape index (κ2) is 7.61. The molecule has 1 aromatic carbocycles. The smallest absolute Gasteiger partial charge is 0.223 e. The molecule has 4 rings (SSSR count). The number of thiophene rings is 1. The van der Waals surface area contributed by atoms with Gasteiger partial charge in [-0.25, -0.2) is 8.42 Å². The van der Waals surface area contributed by atoms with Crippen molar-refractivity contribution < 1.29 is 17.9 Å². The molecule has 2 aromatic rings. The molecular formula is C21H25NO4S2. The molecule has 1 spiro atoms. The van der Waals surface area contributed by atoms with Crippen molar-refractivity contribution in [3.63, 3.8) is 0 Å². The van der Waals surface area contributed by atoms with E-state index in [1.807, 2.05) is 17.4 Å². The van der Waals surface area contributed by atoms with Crippen LogP contribution in [0.3, 0.4) is 0 Å². The van der Waals surface area contributed by atoms with Gasteiger partial charge < -0.3 is 9.64 Å². The van der Waals surface area contributed by atoms with Crippen LogP contribution in [0, 0.1) is 0 Å². The number of ether oxygens (including phenoxy) is 1. The number of hydrogen-bond acceptors (Lipinski definition) is 5. The minimum Gasteiger partial charge on any atom is -0.370 e. The van der Waals surface area contributed by atoms with Gasteiger partial charge in [0.1, 0.15) is 9.84 Å². The summed E-state index contributed by atoms with van der Waals surface area (Å²) in [6.45, 7) is 1.93. The van der Waals surface area contributed by atoms with Gasteiger partial charge in [0.25, 0.3) is 0 Å². The molecule has 3 heterocycles. The van der Waals surface area contributed by atoms with Crippen LogP contribution in [0.1, 0.15) is 29.7 Å². The largest absolute Gasteiger partial charge is 0.370 e. The molecular weight excluding hydrogens is 394 g/mol. The summed E-state index contributed by atoms with van der Waals surface area (Å²) in [6, 6.07) is 12.7. The van der Waals surface area contributed by atoms with Gasteiger partial charge in [0.05, 0.1) is 18.0 Å². The number of carbonyl (C=O) groups excluding carboxylic acids is 1. The molecule has 1 aromatic heterocycles. The normalized spacial score (nSPS) is 18.8. The maximum Gasteiger partial charge on any atom is 0.223 e. The summed E-state index contributed by atoms with van der Waals surface area (Å²) in [5.74, 6) is -0.161. The molecule has 0 unspecified atom stereocenters. The quantitative estimate of drug-likeness (QED) is 0.763. The summed E-state index contributed by atoms with van der Waals surface area (Å²) in [5, 5.41) is 0. The van der Waals surface area contributed by atoms with Crippen molar-refractivity contribution in [1.82, 2.24) is 4.90 Å². The number of likely N-dealkylation sites (tertiary alicyclic amines) is 1. The fourth-order valence-corrected chi connectivity index (χ4v) is 5.91. The third-order valence-corrected chi connectivity index (χ3v) is 7.87. The van der Waals surface area contributed by atoms with E-state index in [1.165, 1.54) is 27.1 Å². The van der Waals surface area contributed by atoms with Gasteiger partial charge in [-0.2, -0.15) is 0 Å². The first-order valence-electron chi connectivity index (χ1n) is 9.64. The number of rotatable bonds is 4. The standard InChI is InChI=1S/C21H25NO4S2/c1-28(24,25)14-8-20(23)22-11-9-21(10-12-22)17-15-19(16-5-3-2-4-6-16)27-18(17)7-13-26-21/h2-6,15H,7-14H2,1H3. The molecule has 5 nitrogen and oxygen atoms in total. The molecule has 28 heavy (non-hydrogen) atoms. The van der Waals surface area contributed by atoms with Crippen molar-refractivity contribution in [3.05, 3.63) is 46.8 Å². The predicted octanol–water partition coefficient (Wildman–Crippen LogP) is 3.24. The average Bonchev–Trinajstić information content (AvgIpc) is 3.13. The van der Waals surface area contributed by atoms with Gasteiger partial charge >= 0.3 is 0 Å². The number of amides is 1. The minimum atomic E-state index is -3.12. The molecule has 1 amide bonds. The Hall–Kier alpha value is -1.70. The molecule has 2 aliphatic rings. The number of piperidine rings is 1. The van der Waals surface area contributed by atoms with Crippen molar-refractivity contribution in [3.8, 4) is 10.4 Å². The molecule has 0 N–H and O–H groups in total. The summed E-state index contributed by atoms with van der Waals surface area (Å²) in [7, 11) is -3.12. The number of carbonyl (C=O) groups is 1. The van der Waals surface area contributed by atoms with E-state index in [0.717, 1.165) is 19.3 Å². The van der Waals surface area contributed by atoms with Crippen molar-refractivity contribution in [2.75, 3.05) is 31.7 Å². The first-order chi connectivity index (χ1) is 13.4. The molecule has 0 atom stereocenters. The molecule has 2 aliphatic heterocycles. The Morgan fingerprint density at radius 3 is 2.61 bits per heavy atom. The minimum absolute atomic E-state index is 0.0640. The summed E-state index contributed by atoms with van der Waals surface area (Å²) in [5.41, 5.74) is 2.20. The van der Waals surface area contributed by atoms with Crippen LogP contribution < -0.4 is 0 Å². The van der Waals surface area contributed by atoms with Gasteiger partial charge in [-0.1, -0.05) is 30.3 Å². The maximum atomic E-state index is 12.4. The van der Waals surface area contributed by atoms with E-state index in [2.05, 4.69) is 30.3 Å². The number of fused-ring (bicyclic) bond motifs is 2. The zero-order valence-corrected chi connectivity index (χ0v) is 17.7. The second-order valence-corrected chi connectivity index (χ2v) is 11.1. The number of sulfone groups is 1. The molecule has 0 saturated carbocycles. The highest BCUT2D eigenvalue weighted by molar-refractivity contribution is 7.90. The molecule has 0 bridgehead atoms. The Morgan fingerprint density at radius 1 is 1.21 bits per heavy atom. The monoisotopic (exact) mass is 419 g/mol. The van der Waals surface area contributed by atoms with E-state index < -0.39 is 9.84 Å². The van der Waals surface area contributed by atoms with Crippen molar-refractivity contribution in [2.45, 2.75) is 31.3 Å². The van der Waals surface area contributed by atoms with Crippen LogP contribution in [0.25, 0.3) is 10.4 Å². The first-order valence-corrected chi connectivity index (χ1v) is 12.5. The molecule has 7 heteroatoms. The lowest BCUT2D eigenvalue weighted by atomic mass is 9.82. The highest BCUT2D eigenvalue weighted by Gasteiger charge is 2.42. The van der Waals surface area contributed by atoms with E-state index in [-0.39, 0.29) is 23.7 Å². The first kappa shape index (κ1) is 19.6. The third-order valence-electron chi connectivity index (χ3n) is 5.68. The lowest BCUT2D eigenvalue weighted by Gasteiger charge is -2.44. The van der Waals surface area contributed by atoms with Gasteiger partial charge in [0.15, 0.2) is 0 Å². The van der Waals surface area contributed by atoms with Gasteiger partial charge in [0, 0.05) is 41.9 Å². The van der Waals surface area contributed by atoms with Crippen molar-refractivity contribution in [2.24, 2.45) is 0 Å². The van der Waals surface area contributed by atoms with Crippen LogP contribution in [-0.2, 0) is 31.4 Å². The fraction of sp³-hybridized carbons (Fsp3) is 0.476. The Bertz CT molecular complexity index is 958. The van der Waals surface area contributed by atoms with Gasteiger partial charge in [-0.3, -0.25) is 4.79 Å². The van der Waals surface area contributed by atoms with Crippen molar-refractivity contribution >= 4 is 27.1 Å². The average molecular weight is 420 g/mol. The zero-order chi connectivity index (χ0) is 19.8. The highest BCUT2D eigenvalue weighted by atomic mass is 32.2. The van der Waals surface area contributed by atoms with Crippen molar-refractivity contribution in [1.29, 1.82) is 0 Å². The summed E-state index contributed by atoms with van der Waals surface area (Å²) >= 11 is 1.85. The summed E-state index contributed by atoms with van der Waals surface area (Å²) < 4.78 is 29.0. The van der Waals surface area contributed by atoms with Gasteiger partial charge in [0.2, 0.25) is 5.91 Å². The highest BCUT2D eigenvalue weighted by Crippen LogP contribution is 2.46. The van der Waals surface area contributed by atoms with Crippen LogP contribution in [0.4, 0.5) is 0 Å². The Labute approximate surface area is 170 Å². The molecule has 1 saturated heterocycles. The number of hydrogen-bond donors (Lipinski definition) is 0. The van der Waals surface area contributed by atoms with E-state index in [1.54, 1.807) is 4.90 Å². The van der Waals surface area contributed by atoms with E-state index in [0.29, 0.717) is 19.7 Å². The maximum absolute atomic E-state index is 12.4.